The Labute approximate surface area is 145 Å². The fourth-order valence-electron chi connectivity index (χ4n) is 3.87. The molecule has 3 atom stereocenters. The number of carbonyl (C=O) groups is 1. The maximum absolute atomic E-state index is 12.9. The second-order valence-corrected chi connectivity index (χ2v) is 9.96. The van der Waals surface area contributed by atoms with Crippen molar-refractivity contribution < 1.29 is 17.9 Å². The molecule has 24 heavy (non-hydrogen) atoms. The van der Waals surface area contributed by atoms with Gasteiger partial charge in [0.25, 0.3) is 0 Å². The first-order chi connectivity index (χ1) is 11.4. The minimum atomic E-state index is -3.00. The zero-order valence-electron chi connectivity index (χ0n) is 14.8. The fraction of sp³-hybridized carbons (Fsp3) is 0.941. The summed E-state index contributed by atoms with van der Waals surface area (Å²) in [5.41, 5.74) is 0. The standard InChI is InChI=1S/C17H30N2O4S/c1-13(14-5-6-14)18(2)11-17(20)19(10-16-4-3-8-23-16)15-7-9-24(21,22)12-15/h13-16H,3-12H2,1-2H3. The zero-order chi connectivity index (χ0) is 17.3. The largest absolute Gasteiger partial charge is 0.376 e. The van der Waals surface area contributed by atoms with Crippen LogP contribution in [-0.4, -0.2) is 80.6 Å². The van der Waals surface area contributed by atoms with Crippen LogP contribution in [0, 0.1) is 5.92 Å². The highest BCUT2D eigenvalue weighted by Crippen LogP contribution is 2.34. The van der Waals surface area contributed by atoms with Crippen molar-refractivity contribution in [1.82, 2.24) is 9.80 Å². The lowest BCUT2D eigenvalue weighted by Crippen LogP contribution is -2.50. The van der Waals surface area contributed by atoms with Crippen LogP contribution in [0.4, 0.5) is 0 Å². The minimum absolute atomic E-state index is 0.0441. The molecule has 0 aromatic heterocycles. The third kappa shape index (κ3) is 4.49. The summed E-state index contributed by atoms with van der Waals surface area (Å²) in [6.07, 6.45) is 5.10. The van der Waals surface area contributed by atoms with Gasteiger partial charge in [-0.1, -0.05) is 0 Å². The number of carbonyl (C=O) groups excluding carboxylic acids is 1. The van der Waals surface area contributed by atoms with E-state index < -0.39 is 9.84 Å². The molecule has 3 rings (SSSR count). The van der Waals surface area contributed by atoms with Crippen molar-refractivity contribution >= 4 is 15.7 Å². The molecule has 0 bridgehead atoms. The summed E-state index contributed by atoms with van der Waals surface area (Å²) in [7, 11) is -1.01. The van der Waals surface area contributed by atoms with Crippen LogP contribution < -0.4 is 0 Å². The number of sulfone groups is 1. The number of hydrogen-bond donors (Lipinski definition) is 0. The molecule has 0 radical (unpaired) electrons. The SMILES string of the molecule is CC(C1CC1)N(C)CC(=O)N(CC1CCCO1)C1CCS(=O)(=O)C1. The van der Waals surface area contributed by atoms with Crippen molar-refractivity contribution in [1.29, 1.82) is 0 Å². The number of rotatable bonds is 7. The Morgan fingerprint density at radius 1 is 1.25 bits per heavy atom. The van der Waals surface area contributed by atoms with Gasteiger partial charge in [-0.3, -0.25) is 9.69 Å². The highest BCUT2D eigenvalue weighted by Gasteiger charge is 2.37. The van der Waals surface area contributed by atoms with E-state index in [-0.39, 0.29) is 29.6 Å². The van der Waals surface area contributed by atoms with Crippen LogP contribution in [0.15, 0.2) is 0 Å². The van der Waals surface area contributed by atoms with E-state index in [2.05, 4.69) is 11.8 Å². The van der Waals surface area contributed by atoms with E-state index in [1.54, 1.807) is 4.90 Å². The normalized spacial score (nSPS) is 30.6. The number of hydrogen-bond acceptors (Lipinski definition) is 5. The van der Waals surface area contributed by atoms with E-state index in [4.69, 9.17) is 4.74 Å². The predicted octanol–water partition coefficient (Wildman–Crippen LogP) is 0.911. The molecule has 0 aromatic carbocycles. The lowest BCUT2D eigenvalue weighted by Gasteiger charge is -2.33. The summed E-state index contributed by atoms with van der Waals surface area (Å²) < 4.78 is 29.4. The van der Waals surface area contributed by atoms with Crippen molar-refractivity contribution in [3.8, 4) is 0 Å². The van der Waals surface area contributed by atoms with Crippen LogP contribution in [0.2, 0.25) is 0 Å². The van der Waals surface area contributed by atoms with E-state index in [0.717, 1.165) is 19.4 Å². The third-order valence-electron chi connectivity index (χ3n) is 5.78. The molecular formula is C17H30N2O4S. The quantitative estimate of drug-likeness (QED) is 0.677. The van der Waals surface area contributed by atoms with Crippen molar-refractivity contribution in [2.24, 2.45) is 5.92 Å². The van der Waals surface area contributed by atoms with Gasteiger partial charge in [-0.05, 0) is 52.0 Å². The highest BCUT2D eigenvalue weighted by molar-refractivity contribution is 7.91. The maximum atomic E-state index is 12.9. The Bertz CT molecular complexity index is 555. The first kappa shape index (κ1) is 18.1. The van der Waals surface area contributed by atoms with Crippen LogP contribution in [-0.2, 0) is 19.4 Å². The Morgan fingerprint density at radius 2 is 2.00 bits per heavy atom. The van der Waals surface area contributed by atoms with Gasteiger partial charge in [0.15, 0.2) is 9.84 Å². The molecule has 3 fully saturated rings. The van der Waals surface area contributed by atoms with Gasteiger partial charge in [0, 0.05) is 25.2 Å². The Morgan fingerprint density at radius 3 is 2.54 bits per heavy atom. The smallest absolute Gasteiger partial charge is 0.237 e. The molecule has 2 heterocycles. The second kappa shape index (κ2) is 7.30. The molecule has 3 aliphatic rings. The Kier molecular flexibility index (Phi) is 5.52. The van der Waals surface area contributed by atoms with Gasteiger partial charge in [0.1, 0.15) is 0 Å². The van der Waals surface area contributed by atoms with E-state index in [1.807, 2.05) is 7.05 Å². The van der Waals surface area contributed by atoms with E-state index in [1.165, 1.54) is 12.8 Å². The minimum Gasteiger partial charge on any atom is -0.376 e. The molecule has 0 N–H and O–H groups in total. The van der Waals surface area contributed by atoms with Gasteiger partial charge in [-0.2, -0.15) is 0 Å². The first-order valence-electron chi connectivity index (χ1n) is 9.17. The summed E-state index contributed by atoms with van der Waals surface area (Å²) in [5, 5.41) is 0. The predicted molar refractivity (Wildman–Crippen MR) is 92.6 cm³/mol. The van der Waals surface area contributed by atoms with Gasteiger partial charge in [0.2, 0.25) is 5.91 Å². The molecule has 2 aliphatic heterocycles. The highest BCUT2D eigenvalue weighted by atomic mass is 32.2. The Balaban J connectivity index is 1.64. The third-order valence-corrected chi connectivity index (χ3v) is 7.53. The lowest BCUT2D eigenvalue weighted by molar-refractivity contribution is -0.136. The first-order valence-corrected chi connectivity index (χ1v) is 11.0. The number of nitrogens with zero attached hydrogens (tertiary/aromatic N) is 2. The van der Waals surface area contributed by atoms with Crippen LogP contribution in [0.25, 0.3) is 0 Å². The number of ether oxygens (including phenoxy) is 1. The van der Waals surface area contributed by atoms with E-state index >= 15 is 0 Å². The summed E-state index contributed by atoms with van der Waals surface area (Å²) in [4.78, 5) is 16.8. The van der Waals surface area contributed by atoms with Gasteiger partial charge in [-0.25, -0.2) is 8.42 Å². The summed E-state index contributed by atoms with van der Waals surface area (Å²) in [6.45, 7) is 3.81. The van der Waals surface area contributed by atoms with Crippen LogP contribution in [0.5, 0.6) is 0 Å². The van der Waals surface area contributed by atoms with Crippen LogP contribution in [0.3, 0.4) is 0 Å². The topological polar surface area (TPSA) is 66.9 Å². The van der Waals surface area contributed by atoms with Crippen molar-refractivity contribution in [2.75, 3.05) is 38.2 Å². The maximum Gasteiger partial charge on any atom is 0.237 e. The molecule has 2 saturated heterocycles. The summed E-state index contributed by atoms with van der Waals surface area (Å²) in [6, 6.07) is 0.224. The molecule has 0 spiro atoms. The monoisotopic (exact) mass is 358 g/mol. The molecular weight excluding hydrogens is 328 g/mol. The van der Waals surface area contributed by atoms with Gasteiger partial charge in [-0.15, -0.1) is 0 Å². The zero-order valence-corrected chi connectivity index (χ0v) is 15.6. The Hall–Kier alpha value is -0.660. The average Bonchev–Trinajstić information content (AvgIpc) is 3.13. The average molecular weight is 359 g/mol. The van der Waals surface area contributed by atoms with Crippen molar-refractivity contribution in [3.63, 3.8) is 0 Å². The molecule has 0 aromatic rings. The van der Waals surface area contributed by atoms with E-state index in [0.29, 0.717) is 31.5 Å². The van der Waals surface area contributed by atoms with Gasteiger partial charge < -0.3 is 9.64 Å². The second-order valence-electron chi connectivity index (χ2n) is 7.73. The number of amides is 1. The fourth-order valence-corrected chi connectivity index (χ4v) is 5.60. The van der Waals surface area contributed by atoms with Crippen LogP contribution >= 0.6 is 0 Å². The van der Waals surface area contributed by atoms with Crippen molar-refractivity contribution in [3.05, 3.63) is 0 Å². The van der Waals surface area contributed by atoms with Gasteiger partial charge in [0.05, 0.1) is 24.2 Å². The van der Waals surface area contributed by atoms with E-state index in [9.17, 15) is 13.2 Å². The molecule has 1 saturated carbocycles. The summed E-state index contributed by atoms with van der Waals surface area (Å²) in [5.74, 6) is 1.05. The molecule has 6 nitrogen and oxygen atoms in total. The molecule has 1 amide bonds. The molecule has 1 aliphatic carbocycles. The molecule has 3 unspecified atom stereocenters. The van der Waals surface area contributed by atoms with Crippen LogP contribution in [0.1, 0.15) is 39.0 Å². The van der Waals surface area contributed by atoms with Gasteiger partial charge >= 0.3 is 0 Å². The summed E-state index contributed by atoms with van der Waals surface area (Å²) >= 11 is 0. The number of likely N-dealkylation sites (N-methyl/N-ethyl adjacent to an activating group) is 1. The molecule has 138 valence electrons. The lowest BCUT2D eigenvalue weighted by atomic mass is 10.1. The van der Waals surface area contributed by atoms with Crippen molar-refractivity contribution in [2.45, 2.75) is 57.2 Å². The molecule has 7 heteroatoms.